The minimum absolute atomic E-state index is 0.0437. The normalized spacial score (nSPS) is 36.0. The maximum absolute atomic E-state index is 12.0. The standard InChI is InChI=1S/C12H18O3/c13-11(14)7-9-6-5-8-3-1-2-4-10(8)12(9)15/h8-10H,1-7H2,(H,13,14). The van der Waals surface area contributed by atoms with Crippen molar-refractivity contribution in [3.8, 4) is 0 Å². The minimum atomic E-state index is -0.831. The fourth-order valence-electron chi connectivity index (χ4n) is 3.20. The summed E-state index contributed by atoms with van der Waals surface area (Å²) in [6, 6.07) is 0. The van der Waals surface area contributed by atoms with Crippen LogP contribution in [0.5, 0.6) is 0 Å². The Kier molecular flexibility index (Phi) is 3.08. The number of Topliss-reactive ketones (excluding diaryl/α,β-unsaturated/α-hetero) is 1. The van der Waals surface area contributed by atoms with Crippen molar-refractivity contribution in [2.24, 2.45) is 17.8 Å². The van der Waals surface area contributed by atoms with Crippen molar-refractivity contribution in [1.82, 2.24) is 0 Å². The Hall–Kier alpha value is -0.860. The average molecular weight is 210 g/mol. The molecule has 15 heavy (non-hydrogen) atoms. The lowest BCUT2D eigenvalue weighted by Crippen LogP contribution is -2.37. The first-order valence-corrected chi connectivity index (χ1v) is 5.94. The molecule has 0 aliphatic heterocycles. The van der Waals surface area contributed by atoms with Gasteiger partial charge in [0.1, 0.15) is 5.78 Å². The number of aliphatic carboxylic acids is 1. The zero-order chi connectivity index (χ0) is 10.8. The Balaban J connectivity index is 2.01. The highest BCUT2D eigenvalue weighted by Gasteiger charge is 2.39. The van der Waals surface area contributed by atoms with Crippen molar-refractivity contribution in [2.75, 3.05) is 0 Å². The molecule has 3 heteroatoms. The lowest BCUT2D eigenvalue weighted by molar-refractivity contribution is -0.144. The quantitative estimate of drug-likeness (QED) is 0.760. The van der Waals surface area contributed by atoms with Gasteiger partial charge in [-0.2, -0.15) is 0 Å². The summed E-state index contributed by atoms with van der Waals surface area (Å²) in [5, 5.41) is 8.73. The summed E-state index contributed by atoms with van der Waals surface area (Å²) < 4.78 is 0. The van der Waals surface area contributed by atoms with Crippen LogP contribution in [0.25, 0.3) is 0 Å². The van der Waals surface area contributed by atoms with Gasteiger partial charge in [0, 0.05) is 11.8 Å². The Morgan fingerprint density at radius 1 is 1.20 bits per heavy atom. The molecule has 3 atom stereocenters. The number of hydrogen-bond acceptors (Lipinski definition) is 2. The zero-order valence-electron chi connectivity index (χ0n) is 8.95. The highest BCUT2D eigenvalue weighted by atomic mass is 16.4. The number of rotatable bonds is 2. The smallest absolute Gasteiger partial charge is 0.304 e. The number of hydrogen-bond donors (Lipinski definition) is 1. The number of carbonyl (C=O) groups excluding carboxylic acids is 1. The van der Waals surface area contributed by atoms with E-state index < -0.39 is 5.97 Å². The average Bonchev–Trinajstić information content (AvgIpc) is 2.22. The molecule has 0 aromatic rings. The lowest BCUT2D eigenvalue weighted by atomic mass is 9.66. The largest absolute Gasteiger partial charge is 0.481 e. The van der Waals surface area contributed by atoms with E-state index in [1.807, 2.05) is 0 Å². The third kappa shape index (κ3) is 2.21. The van der Waals surface area contributed by atoms with E-state index in [1.54, 1.807) is 0 Å². The Morgan fingerprint density at radius 3 is 2.67 bits per heavy atom. The van der Waals surface area contributed by atoms with Crippen LogP contribution in [0.3, 0.4) is 0 Å². The van der Waals surface area contributed by atoms with Crippen molar-refractivity contribution in [3.63, 3.8) is 0 Å². The number of carbonyl (C=O) groups is 2. The first-order valence-electron chi connectivity index (χ1n) is 5.94. The number of carboxylic acids is 1. The van der Waals surface area contributed by atoms with Crippen molar-refractivity contribution < 1.29 is 14.7 Å². The van der Waals surface area contributed by atoms with Crippen LogP contribution in [-0.2, 0) is 9.59 Å². The van der Waals surface area contributed by atoms with Gasteiger partial charge >= 0.3 is 5.97 Å². The fourth-order valence-corrected chi connectivity index (χ4v) is 3.20. The zero-order valence-corrected chi connectivity index (χ0v) is 8.95. The minimum Gasteiger partial charge on any atom is -0.481 e. The molecule has 0 heterocycles. The summed E-state index contributed by atoms with van der Waals surface area (Å²) in [6.45, 7) is 0. The van der Waals surface area contributed by atoms with Gasteiger partial charge in [-0.15, -0.1) is 0 Å². The van der Waals surface area contributed by atoms with Crippen LogP contribution >= 0.6 is 0 Å². The van der Waals surface area contributed by atoms with E-state index in [4.69, 9.17) is 5.11 Å². The second-order valence-electron chi connectivity index (χ2n) is 4.93. The monoisotopic (exact) mass is 210 g/mol. The molecule has 0 spiro atoms. The summed E-state index contributed by atoms with van der Waals surface area (Å²) in [5.74, 6) is -0.0223. The second-order valence-corrected chi connectivity index (χ2v) is 4.93. The highest BCUT2D eigenvalue weighted by molar-refractivity contribution is 5.87. The molecule has 0 saturated heterocycles. The molecule has 2 saturated carbocycles. The second kappa shape index (κ2) is 4.33. The van der Waals surface area contributed by atoms with E-state index in [1.165, 1.54) is 12.8 Å². The topological polar surface area (TPSA) is 54.4 Å². The first kappa shape index (κ1) is 10.7. The molecule has 2 aliphatic rings. The summed E-state index contributed by atoms with van der Waals surface area (Å²) >= 11 is 0. The molecule has 0 aromatic heterocycles. The third-order valence-corrected chi connectivity index (χ3v) is 3.98. The van der Waals surface area contributed by atoms with Gasteiger partial charge < -0.3 is 5.11 Å². The molecule has 3 nitrogen and oxygen atoms in total. The van der Waals surface area contributed by atoms with Crippen LogP contribution in [0.2, 0.25) is 0 Å². The molecular formula is C12H18O3. The van der Waals surface area contributed by atoms with Gasteiger partial charge in [0.05, 0.1) is 6.42 Å². The maximum atomic E-state index is 12.0. The number of fused-ring (bicyclic) bond motifs is 1. The van der Waals surface area contributed by atoms with Gasteiger partial charge in [-0.1, -0.05) is 12.8 Å². The number of carboxylic acid groups (broad SMARTS) is 1. The number of ketones is 1. The molecule has 2 aliphatic carbocycles. The summed E-state index contributed by atoms with van der Waals surface area (Å²) in [4.78, 5) is 22.7. The molecule has 2 fully saturated rings. The summed E-state index contributed by atoms with van der Waals surface area (Å²) in [6.07, 6.45) is 6.48. The maximum Gasteiger partial charge on any atom is 0.304 e. The SMILES string of the molecule is O=C(O)CC1CCC2CCCCC2C1=O. The predicted molar refractivity (Wildman–Crippen MR) is 55.4 cm³/mol. The molecule has 0 radical (unpaired) electrons. The van der Waals surface area contributed by atoms with E-state index in [-0.39, 0.29) is 24.0 Å². The van der Waals surface area contributed by atoms with Crippen molar-refractivity contribution >= 4 is 11.8 Å². The van der Waals surface area contributed by atoms with Crippen LogP contribution in [-0.4, -0.2) is 16.9 Å². The van der Waals surface area contributed by atoms with Crippen LogP contribution in [0.15, 0.2) is 0 Å². The van der Waals surface area contributed by atoms with Crippen molar-refractivity contribution in [1.29, 1.82) is 0 Å². The molecule has 84 valence electrons. The summed E-state index contributed by atoms with van der Waals surface area (Å²) in [7, 11) is 0. The van der Waals surface area contributed by atoms with Crippen molar-refractivity contribution in [2.45, 2.75) is 44.9 Å². The van der Waals surface area contributed by atoms with Gasteiger partial charge in [-0.05, 0) is 31.6 Å². The first-order chi connectivity index (χ1) is 7.18. The van der Waals surface area contributed by atoms with Crippen LogP contribution in [0.1, 0.15) is 44.9 Å². The van der Waals surface area contributed by atoms with E-state index in [2.05, 4.69) is 0 Å². The molecule has 0 amide bonds. The van der Waals surface area contributed by atoms with Crippen LogP contribution in [0.4, 0.5) is 0 Å². The molecule has 3 unspecified atom stereocenters. The van der Waals surface area contributed by atoms with Crippen molar-refractivity contribution in [3.05, 3.63) is 0 Å². The fraction of sp³-hybridized carbons (Fsp3) is 0.833. The molecule has 0 bridgehead atoms. The van der Waals surface area contributed by atoms with Gasteiger partial charge in [-0.25, -0.2) is 0 Å². The lowest BCUT2D eigenvalue weighted by Gasteiger charge is -2.37. The predicted octanol–water partition coefficient (Wildman–Crippen LogP) is 2.25. The van der Waals surface area contributed by atoms with Crippen LogP contribution < -0.4 is 0 Å². The van der Waals surface area contributed by atoms with E-state index in [0.29, 0.717) is 5.92 Å². The van der Waals surface area contributed by atoms with Gasteiger partial charge in [-0.3, -0.25) is 9.59 Å². The Morgan fingerprint density at radius 2 is 1.93 bits per heavy atom. The molecular weight excluding hydrogens is 192 g/mol. The molecule has 0 aromatic carbocycles. The Labute approximate surface area is 89.9 Å². The van der Waals surface area contributed by atoms with E-state index >= 15 is 0 Å². The third-order valence-electron chi connectivity index (χ3n) is 3.98. The molecule has 2 rings (SSSR count). The van der Waals surface area contributed by atoms with E-state index in [9.17, 15) is 9.59 Å². The highest BCUT2D eigenvalue weighted by Crippen LogP contribution is 2.41. The van der Waals surface area contributed by atoms with E-state index in [0.717, 1.165) is 25.7 Å². The Bertz CT molecular complexity index is 272. The van der Waals surface area contributed by atoms with Gasteiger partial charge in [0.25, 0.3) is 0 Å². The van der Waals surface area contributed by atoms with Gasteiger partial charge in [0.2, 0.25) is 0 Å². The molecule has 1 N–H and O–H groups in total. The van der Waals surface area contributed by atoms with Crippen LogP contribution in [0, 0.1) is 17.8 Å². The van der Waals surface area contributed by atoms with Gasteiger partial charge in [0.15, 0.2) is 0 Å². The summed E-state index contributed by atoms with van der Waals surface area (Å²) in [5.41, 5.74) is 0.